The third-order valence-corrected chi connectivity index (χ3v) is 4.83. The number of hydrogen-bond acceptors (Lipinski definition) is 4. The van der Waals surface area contributed by atoms with Crippen LogP contribution in [0.15, 0.2) is 22.8 Å². The molecule has 6 nitrogen and oxygen atoms in total. The Bertz CT molecular complexity index is 523. The second-order valence-electron chi connectivity index (χ2n) is 4.79. The van der Waals surface area contributed by atoms with Crippen LogP contribution in [0.5, 0.6) is 0 Å². The second-order valence-corrected chi connectivity index (χ2v) is 6.97. The molecule has 0 aliphatic carbocycles. The smallest absolute Gasteiger partial charge is 0.315 e. The van der Waals surface area contributed by atoms with Gasteiger partial charge in [-0.25, -0.2) is 13.2 Å². The Kier molecular flexibility index (Phi) is 3.34. The van der Waals surface area contributed by atoms with Crippen molar-refractivity contribution >= 4 is 15.9 Å². The first kappa shape index (κ1) is 12.9. The van der Waals surface area contributed by atoms with Crippen molar-refractivity contribution in [2.45, 2.75) is 25.4 Å². The van der Waals surface area contributed by atoms with Crippen LogP contribution in [0.1, 0.15) is 19.1 Å². The molecule has 100 valence electrons. The number of nitrogens with one attached hydrogen (secondary N) is 2. The normalized spacial score (nSPS) is 25.8. The van der Waals surface area contributed by atoms with E-state index in [2.05, 4.69) is 10.6 Å². The minimum atomic E-state index is -3.02. The minimum absolute atomic E-state index is 0.00578. The molecular formula is C11H16N2O4S. The highest BCUT2D eigenvalue weighted by molar-refractivity contribution is 7.91. The van der Waals surface area contributed by atoms with Gasteiger partial charge in [0.05, 0.1) is 29.9 Å². The highest BCUT2D eigenvalue weighted by atomic mass is 32.2. The third-order valence-electron chi connectivity index (χ3n) is 2.92. The van der Waals surface area contributed by atoms with Gasteiger partial charge >= 0.3 is 6.03 Å². The van der Waals surface area contributed by atoms with Gasteiger partial charge in [0.2, 0.25) is 0 Å². The Morgan fingerprint density at radius 1 is 1.56 bits per heavy atom. The van der Waals surface area contributed by atoms with Gasteiger partial charge in [-0.1, -0.05) is 0 Å². The van der Waals surface area contributed by atoms with Crippen molar-refractivity contribution in [3.8, 4) is 0 Å². The van der Waals surface area contributed by atoms with Crippen LogP contribution in [0.4, 0.5) is 4.79 Å². The molecule has 2 heterocycles. The maximum Gasteiger partial charge on any atom is 0.315 e. The van der Waals surface area contributed by atoms with E-state index >= 15 is 0 Å². The van der Waals surface area contributed by atoms with Gasteiger partial charge in [-0.3, -0.25) is 0 Å². The summed E-state index contributed by atoms with van der Waals surface area (Å²) in [6.45, 7) is 2.02. The van der Waals surface area contributed by atoms with Crippen molar-refractivity contribution < 1.29 is 17.6 Å². The van der Waals surface area contributed by atoms with E-state index < -0.39 is 15.4 Å². The van der Waals surface area contributed by atoms with Crippen LogP contribution in [0, 0.1) is 0 Å². The lowest BCUT2D eigenvalue weighted by Gasteiger charge is -2.23. The lowest BCUT2D eigenvalue weighted by molar-refractivity contribution is 0.229. The van der Waals surface area contributed by atoms with E-state index in [1.165, 1.54) is 6.26 Å². The van der Waals surface area contributed by atoms with Gasteiger partial charge in [-0.05, 0) is 25.5 Å². The summed E-state index contributed by atoms with van der Waals surface area (Å²) in [5.41, 5.74) is -0.675. The Morgan fingerprint density at radius 3 is 2.89 bits per heavy atom. The topological polar surface area (TPSA) is 88.4 Å². The van der Waals surface area contributed by atoms with E-state index in [4.69, 9.17) is 4.42 Å². The van der Waals surface area contributed by atoms with Crippen molar-refractivity contribution in [1.29, 1.82) is 0 Å². The van der Waals surface area contributed by atoms with Crippen LogP contribution in [-0.4, -0.2) is 31.5 Å². The zero-order chi connectivity index (χ0) is 13.2. The van der Waals surface area contributed by atoms with Crippen molar-refractivity contribution in [1.82, 2.24) is 10.6 Å². The highest BCUT2D eigenvalue weighted by Gasteiger charge is 2.39. The van der Waals surface area contributed by atoms with Crippen molar-refractivity contribution in [2.24, 2.45) is 0 Å². The van der Waals surface area contributed by atoms with Crippen molar-refractivity contribution in [3.63, 3.8) is 0 Å². The van der Waals surface area contributed by atoms with Gasteiger partial charge in [-0.15, -0.1) is 0 Å². The largest absolute Gasteiger partial charge is 0.467 e. The fourth-order valence-electron chi connectivity index (χ4n) is 2.01. The zero-order valence-electron chi connectivity index (χ0n) is 10.1. The van der Waals surface area contributed by atoms with E-state index in [1.54, 1.807) is 19.1 Å². The summed E-state index contributed by atoms with van der Waals surface area (Å²) in [6.07, 6.45) is 1.98. The predicted molar refractivity (Wildman–Crippen MR) is 65.8 cm³/mol. The number of carbonyl (C=O) groups is 1. The summed E-state index contributed by atoms with van der Waals surface area (Å²) in [6, 6.07) is 3.10. The number of carbonyl (C=O) groups excluding carboxylic acids is 1. The summed E-state index contributed by atoms with van der Waals surface area (Å²) < 4.78 is 27.8. The van der Waals surface area contributed by atoms with E-state index in [1.807, 2.05) is 0 Å². The summed E-state index contributed by atoms with van der Waals surface area (Å²) in [4.78, 5) is 11.7. The molecule has 0 unspecified atom stereocenters. The Labute approximate surface area is 106 Å². The van der Waals surface area contributed by atoms with Crippen LogP contribution in [-0.2, 0) is 16.4 Å². The molecule has 2 amide bonds. The quantitative estimate of drug-likeness (QED) is 0.846. The van der Waals surface area contributed by atoms with Crippen LogP contribution in [0.3, 0.4) is 0 Å². The van der Waals surface area contributed by atoms with Crippen molar-refractivity contribution in [3.05, 3.63) is 24.2 Å². The molecular weight excluding hydrogens is 256 g/mol. The molecule has 2 N–H and O–H groups in total. The molecule has 0 radical (unpaired) electrons. The molecule has 1 saturated heterocycles. The van der Waals surface area contributed by atoms with Crippen LogP contribution in [0.2, 0.25) is 0 Å². The summed E-state index contributed by atoms with van der Waals surface area (Å²) in [5.74, 6) is 0.769. The Morgan fingerprint density at radius 2 is 2.33 bits per heavy atom. The van der Waals surface area contributed by atoms with E-state index in [0.717, 1.165) is 0 Å². The van der Waals surface area contributed by atoms with Crippen LogP contribution >= 0.6 is 0 Å². The Balaban J connectivity index is 1.84. The first-order valence-electron chi connectivity index (χ1n) is 5.67. The van der Waals surface area contributed by atoms with E-state index in [9.17, 15) is 13.2 Å². The first-order valence-corrected chi connectivity index (χ1v) is 7.50. The molecule has 1 aliphatic rings. The standard InChI is InChI=1S/C11H16N2O4S/c1-11(4-6-18(15,16)8-11)13-10(14)12-7-9-3-2-5-17-9/h2-3,5H,4,6-8H2,1H3,(H2,12,13,14)/t11-/m0/s1. The van der Waals surface area contributed by atoms with Crippen molar-refractivity contribution in [2.75, 3.05) is 11.5 Å². The van der Waals surface area contributed by atoms with Gasteiger partial charge in [-0.2, -0.15) is 0 Å². The molecule has 1 aromatic rings. The van der Waals surface area contributed by atoms with Crippen LogP contribution in [0.25, 0.3) is 0 Å². The number of rotatable bonds is 3. The van der Waals surface area contributed by atoms with Gasteiger partial charge in [0.1, 0.15) is 5.76 Å². The number of urea groups is 1. The lowest BCUT2D eigenvalue weighted by Crippen LogP contribution is -2.50. The molecule has 0 saturated carbocycles. The molecule has 1 aliphatic heterocycles. The SMILES string of the molecule is C[C@]1(NC(=O)NCc2ccco2)CCS(=O)(=O)C1. The van der Waals surface area contributed by atoms with E-state index in [0.29, 0.717) is 12.2 Å². The highest BCUT2D eigenvalue weighted by Crippen LogP contribution is 2.22. The molecule has 1 fully saturated rings. The minimum Gasteiger partial charge on any atom is -0.467 e. The molecule has 7 heteroatoms. The lowest BCUT2D eigenvalue weighted by atomic mass is 10.0. The molecule has 18 heavy (non-hydrogen) atoms. The van der Waals surface area contributed by atoms with Gasteiger partial charge in [0, 0.05) is 0 Å². The number of amides is 2. The average molecular weight is 272 g/mol. The summed E-state index contributed by atoms with van der Waals surface area (Å²) >= 11 is 0. The summed E-state index contributed by atoms with van der Waals surface area (Å²) in [7, 11) is -3.02. The average Bonchev–Trinajstić information content (AvgIpc) is 2.84. The molecule has 0 spiro atoms. The predicted octanol–water partition coefficient (Wildman–Crippen LogP) is 0.656. The zero-order valence-corrected chi connectivity index (χ0v) is 10.9. The molecule has 2 rings (SSSR count). The number of hydrogen-bond donors (Lipinski definition) is 2. The summed E-state index contributed by atoms with van der Waals surface area (Å²) in [5, 5.41) is 5.33. The molecule has 1 aromatic heterocycles. The van der Waals surface area contributed by atoms with Crippen LogP contribution < -0.4 is 10.6 Å². The van der Waals surface area contributed by atoms with Gasteiger partial charge in [0.15, 0.2) is 9.84 Å². The fourth-order valence-corrected chi connectivity index (χ4v) is 4.10. The number of furan rings is 1. The maximum atomic E-state index is 11.7. The third kappa shape index (κ3) is 3.25. The number of sulfone groups is 1. The maximum absolute atomic E-state index is 11.7. The fraction of sp³-hybridized carbons (Fsp3) is 0.545. The van der Waals surface area contributed by atoms with Gasteiger partial charge in [0.25, 0.3) is 0 Å². The molecule has 1 atom stereocenters. The van der Waals surface area contributed by atoms with E-state index in [-0.39, 0.29) is 24.1 Å². The Hall–Kier alpha value is -1.50. The van der Waals surface area contributed by atoms with Gasteiger partial charge < -0.3 is 15.1 Å². The molecule has 0 bridgehead atoms. The molecule has 0 aromatic carbocycles. The first-order chi connectivity index (χ1) is 8.39. The second kappa shape index (κ2) is 4.64. The monoisotopic (exact) mass is 272 g/mol.